The van der Waals surface area contributed by atoms with Gasteiger partial charge in [0.25, 0.3) is 0 Å². The number of nitrogens with one attached hydrogen (secondary N) is 1. The molecule has 1 aromatic heterocycles. The normalized spacial score (nSPS) is 11.2. The number of carboxylic acid groups (broad SMARTS) is 1. The van der Waals surface area contributed by atoms with Crippen molar-refractivity contribution in [3.63, 3.8) is 0 Å². The highest BCUT2D eigenvalue weighted by atomic mass is 16.4. The van der Waals surface area contributed by atoms with E-state index in [4.69, 9.17) is 5.11 Å². The third-order valence-corrected chi connectivity index (χ3v) is 2.84. The van der Waals surface area contributed by atoms with E-state index in [1.807, 2.05) is 26.4 Å². The summed E-state index contributed by atoms with van der Waals surface area (Å²) in [5.41, 5.74) is 2.49. The van der Waals surface area contributed by atoms with Crippen molar-refractivity contribution in [1.29, 1.82) is 0 Å². The van der Waals surface area contributed by atoms with Crippen molar-refractivity contribution >= 4 is 16.9 Å². The summed E-state index contributed by atoms with van der Waals surface area (Å²) in [5, 5.41) is 9.98. The molecule has 0 amide bonds. The summed E-state index contributed by atoms with van der Waals surface area (Å²) in [4.78, 5) is 16.2. The second kappa shape index (κ2) is 4.59. The maximum absolute atomic E-state index is 10.9. The molecule has 0 aliphatic heterocycles. The lowest BCUT2D eigenvalue weighted by Gasteiger charge is -2.08. The second-order valence-electron chi connectivity index (χ2n) is 4.43. The van der Waals surface area contributed by atoms with Gasteiger partial charge < -0.3 is 15.0 Å². The molecule has 1 heterocycles. The number of hydrogen-bond donors (Lipinski definition) is 2. The zero-order valence-electron chi connectivity index (χ0n) is 10.0. The van der Waals surface area contributed by atoms with Crippen LogP contribution in [0.25, 0.3) is 10.9 Å². The molecule has 0 fully saturated rings. The average molecular weight is 232 g/mol. The number of carbonyl (C=O) groups is 1. The minimum absolute atomic E-state index is 0.336. The predicted molar refractivity (Wildman–Crippen MR) is 67.5 cm³/mol. The Morgan fingerprint density at radius 2 is 2.18 bits per heavy atom. The quantitative estimate of drug-likeness (QED) is 0.847. The predicted octanol–water partition coefficient (Wildman–Crippen LogP) is 1.97. The maximum Gasteiger partial charge on any atom is 0.335 e. The molecular weight excluding hydrogens is 216 g/mol. The van der Waals surface area contributed by atoms with Crippen molar-refractivity contribution in [3.05, 3.63) is 35.5 Å². The van der Waals surface area contributed by atoms with Crippen LogP contribution in [0.15, 0.2) is 24.4 Å². The topological polar surface area (TPSA) is 56.3 Å². The zero-order valence-corrected chi connectivity index (χ0v) is 10.0. The summed E-state index contributed by atoms with van der Waals surface area (Å²) in [7, 11) is 4.05. The van der Waals surface area contributed by atoms with E-state index in [1.54, 1.807) is 12.1 Å². The first-order chi connectivity index (χ1) is 8.08. The van der Waals surface area contributed by atoms with Crippen LogP contribution in [0.1, 0.15) is 15.9 Å². The summed E-state index contributed by atoms with van der Waals surface area (Å²) in [6, 6.07) is 5.17. The van der Waals surface area contributed by atoms with Gasteiger partial charge in [0.05, 0.1) is 5.56 Å². The van der Waals surface area contributed by atoms with Gasteiger partial charge in [-0.1, -0.05) is 0 Å². The number of carboxylic acids is 1. The average Bonchev–Trinajstić information content (AvgIpc) is 2.68. The standard InChI is InChI=1S/C13H16N2O2/c1-15(2)6-5-10-8-14-12-4-3-9(13(16)17)7-11(10)12/h3-4,7-8,14H,5-6H2,1-2H3,(H,16,17). The molecule has 17 heavy (non-hydrogen) atoms. The van der Waals surface area contributed by atoms with Gasteiger partial charge in [-0.15, -0.1) is 0 Å². The minimum atomic E-state index is -0.883. The lowest BCUT2D eigenvalue weighted by atomic mass is 10.1. The Morgan fingerprint density at radius 1 is 1.41 bits per heavy atom. The molecule has 0 spiro atoms. The number of hydrogen-bond acceptors (Lipinski definition) is 2. The summed E-state index contributed by atoms with van der Waals surface area (Å²) in [6.45, 7) is 0.949. The van der Waals surface area contributed by atoms with Crippen molar-refractivity contribution in [3.8, 4) is 0 Å². The highest BCUT2D eigenvalue weighted by Gasteiger charge is 2.08. The number of aromatic nitrogens is 1. The number of nitrogens with zero attached hydrogens (tertiary/aromatic N) is 1. The van der Waals surface area contributed by atoms with Crippen LogP contribution in [0.4, 0.5) is 0 Å². The molecule has 0 aliphatic carbocycles. The second-order valence-corrected chi connectivity index (χ2v) is 4.43. The van der Waals surface area contributed by atoms with Crippen molar-refractivity contribution in [2.75, 3.05) is 20.6 Å². The Labute approximate surface area is 99.9 Å². The molecule has 4 heteroatoms. The van der Waals surface area contributed by atoms with E-state index in [2.05, 4.69) is 9.88 Å². The highest BCUT2D eigenvalue weighted by molar-refractivity contribution is 5.94. The number of fused-ring (bicyclic) bond motifs is 1. The summed E-state index contributed by atoms with van der Waals surface area (Å²) >= 11 is 0. The number of H-pyrrole nitrogens is 1. The molecular formula is C13H16N2O2. The van der Waals surface area contributed by atoms with Gasteiger partial charge in [0.1, 0.15) is 0 Å². The van der Waals surface area contributed by atoms with Crippen LogP contribution in [0, 0.1) is 0 Å². The van der Waals surface area contributed by atoms with Crippen LogP contribution in [-0.4, -0.2) is 41.6 Å². The van der Waals surface area contributed by atoms with E-state index in [1.165, 1.54) is 0 Å². The molecule has 2 rings (SSSR count). The van der Waals surface area contributed by atoms with Gasteiger partial charge in [-0.2, -0.15) is 0 Å². The van der Waals surface area contributed by atoms with Crippen molar-refractivity contribution in [2.45, 2.75) is 6.42 Å². The van der Waals surface area contributed by atoms with Gasteiger partial charge in [0.2, 0.25) is 0 Å². The van der Waals surface area contributed by atoms with Gasteiger partial charge in [0.15, 0.2) is 0 Å². The molecule has 0 unspecified atom stereocenters. The molecule has 2 aromatic rings. The molecule has 2 N–H and O–H groups in total. The van der Waals surface area contributed by atoms with Crippen molar-refractivity contribution in [2.24, 2.45) is 0 Å². The number of aromatic amines is 1. The van der Waals surface area contributed by atoms with Crippen molar-refractivity contribution < 1.29 is 9.90 Å². The Kier molecular flexibility index (Phi) is 3.15. The first-order valence-corrected chi connectivity index (χ1v) is 5.56. The monoisotopic (exact) mass is 232 g/mol. The van der Waals surface area contributed by atoms with E-state index in [-0.39, 0.29) is 0 Å². The van der Waals surface area contributed by atoms with E-state index in [9.17, 15) is 4.79 Å². The van der Waals surface area contributed by atoms with Crippen LogP contribution >= 0.6 is 0 Å². The molecule has 0 saturated heterocycles. The number of likely N-dealkylation sites (N-methyl/N-ethyl adjacent to an activating group) is 1. The lowest BCUT2D eigenvalue weighted by Crippen LogP contribution is -2.14. The van der Waals surface area contributed by atoms with Crippen LogP contribution in [0.2, 0.25) is 0 Å². The Bertz CT molecular complexity index is 543. The summed E-state index contributed by atoms with van der Waals surface area (Å²) in [6.07, 6.45) is 2.87. The van der Waals surface area contributed by atoms with E-state index in [0.29, 0.717) is 5.56 Å². The molecule has 4 nitrogen and oxygen atoms in total. The summed E-state index contributed by atoms with van der Waals surface area (Å²) in [5.74, 6) is -0.883. The fourth-order valence-corrected chi connectivity index (χ4v) is 1.86. The van der Waals surface area contributed by atoms with Crippen molar-refractivity contribution in [1.82, 2.24) is 9.88 Å². The van der Waals surface area contributed by atoms with Gasteiger partial charge in [0, 0.05) is 23.6 Å². The smallest absolute Gasteiger partial charge is 0.335 e. The SMILES string of the molecule is CN(C)CCc1c[nH]c2ccc(C(=O)O)cc12. The van der Waals surface area contributed by atoms with Gasteiger partial charge in [-0.3, -0.25) is 0 Å². The lowest BCUT2D eigenvalue weighted by molar-refractivity contribution is 0.0697. The van der Waals surface area contributed by atoms with Crippen LogP contribution in [-0.2, 0) is 6.42 Å². The van der Waals surface area contributed by atoms with Gasteiger partial charge >= 0.3 is 5.97 Å². The van der Waals surface area contributed by atoms with Gasteiger partial charge in [-0.25, -0.2) is 4.79 Å². The fourth-order valence-electron chi connectivity index (χ4n) is 1.86. The number of rotatable bonds is 4. The zero-order chi connectivity index (χ0) is 12.4. The third kappa shape index (κ3) is 2.47. The van der Waals surface area contributed by atoms with E-state index >= 15 is 0 Å². The largest absolute Gasteiger partial charge is 0.478 e. The van der Waals surface area contributed by atoms with Crippen LogP contribution in [0.5, 0.6) is 0 Å². The number of aromatic carboxylic acids is 1. The third-order valence-electron chi connectivity index (χ3n) is 2.84. The Hall–Kier alpha value is -1.81. The first-order valence-electron chi connectivity index (χ1n) is 5.56. The maximum atomic E-state index is 10.9. The first kappa shape index (κ1) is 11.7. The number of benzene rings is 1. The molecule has 0 saturated carbocycles. The molecule has 0 atom stereocenters. The Balaban J connectivity index is 2.36. The molecule has 90 valence electrons. The molecule has 0 bridgehead atoms. The van der Waals surface area contributed by atoms with Crippen LogP contribution in [0.3, 0.4) is 0 Å². The fraction of sp³-hybridized carbons (Fsp3) is 0.308. The summed E-state index contributed by atoms with van der Waals surface area (Å²) < 4.78 is 0. The molecule has 0 aliphatic rings. The minimum Gasteiger partial charge on any atom is -0.478 e. The van der Waals surface area contributed by atoms with Gasteiger partial charge in [-0.05, 0) is 44.3 Å². The van der Waals surface area contributed by atoms with E-state index < -0.39 is 5.97 Å². The molecule has 0 radical (unpaired) electrons. The molecule has 1 aromatic carbocycles. The highest BCUT2D eigenvalue weighted by Crippen LogP contribution is 2.20. The Morgan fingerprint density at radius 3 is 2.82 bits per heavy atom. The van der Waals surface area contributed by atoms with Crippen LogP contribution < -0.4 is 0 Å². The van der Waals surface area contributed by atoms with E-state index in [0.717, 1.165) is 29.4 Å².